The molecule has 0 aromatic heterocycles. The lowest BCUT2D eigenvalue weighted by Gasteiger charge is -2.17. The molecule has 2 unspecified atom stereocenters. The van der Waals surface area contributed by atoms with Crippen molar-refractivity contribution >= 4 is 13.3 Å². The zero-order chi connectivity index (χ0) is 13.1. The minimum Gasteiger partial charge on any atom is -0.376 e. The second kappa shape index (κ2) is 5.37. The Morgan fingerprint density at radius 2 is 2.24 bits per heavy atom. The number of non-ortho nitro benzene ring substituents is 1. The monoisotopic (exact) mass is 261 g/mol. The molecule has 0 aliphatic rings. The Hall–Kier alpha value is -1.27. The second-order valence-electron chi connectivity index (χ2n) is 3.21. The molecule has 7 nitrogen and oxygen atoms in total. The Morgan fingerprint density at radius 1 is 1.59 bits per heavy atom. The van der Waals surface area contributed by atoms with Crippen LogP contribution in [0.4, 0.5) is 5.69 Å². The van der Waals surface area contributed by atoms with Gasteiger partial charge < -0.3 is 14.5 Å². The van der Waals surface area contributed by atoms with Crippen molar-refractivity contribution < 1.29 is 24.0 Å². The van der Waals surface area contributed by atoms with E-state index in [2.05, 4.69) is 4.52 Å². The summed E-state index contributed by atoms with van der Waals surface area (Å²) in [6.45, 7) is 1.46. The summed E-state index contributed by atoms with van der Waals surface area (Å²) in [5.74, 6) is -1.79. The van der Waals surface area contributed by atoms with Crippen molar-refractivity contribution in [3.63, 3.8) is 0 Å². The molecule has 1 aromatic rings. The van der Waals surface area contributed by atoms with Gasteiger partial charge in [0.25, 0.3) is 5.69 Å². The lowest BCUT2D eigenvalue weighted by molar-refractivity contribution is -0.384. The Kier molecular flexibility index (Phi) is 4.36. The number of aliphatic hydroxyl groups excluding tert-OH is 1. The van der Waals surface area contributed by atoms with Gasteiger partial charge in [-0.2, -0.15) is 0 Å². The molecule has 94 valence electrons. The molecule has 1 rings (SSSR count). The minimum atomic E-state index is -4.22. The zero-order valence-electron chi connectivity index (χ0n) is 9.02. The van der Waals surface area contributed by atoms with E-state index in [0.29, 0.717) is 0 Å². The summed E-state index contributed by atoms with van der Waals surface area (Å²) < 4.78 is 16.0. The maximum atomic E-state index is 11.5. The first-order chi connectivity index (χ1) is 7.88. The van der Waals surface area contributed by atoms with Gasteiger partial charge in [0.15, 0.2) is 5.85 Å². The van der Waals surface area contributed by atoms with E-state index in [-0.39, 0.29) is 17.9 Å². The highest BCUT2D eigenvalue weighted by molar-refractivity contribution is 7.53. The van der Waals surface area contributed by atoms with Crippen LogP contribution in [-0.2, 0) is 9.09 Å². The van der Waals surface area contributed by atoms with Gasteiger partial charge >= 0.3 is 7.60 Å². The van der Waals surface area contributed by atoms with Crippen LogP contribution in [0, 0.1) is 10.1 Å². The summed E-state index contributed by atoms with van der Waals surface area (Å²) in [5, 5.41) is 20.1. The van der Waals surface area contributed by atoms with Crippen LogP contribution in [-0.4, -0.2) is 21.5 Å². The van der Waals surface area contributed by atoms with Gasteiger partial charge in [0.05, 0.1) is 11.5 Å². The van der Waals surface area contributed by atoms with Gasteiger partial charge in [-0.3, -0.25) is 14.7 Å². The molecule has 0 heterocycles. The molecule has 0 saturated carbocycles. The van der Waals surface area contributed by atoms with Crippen LogP contribution in [0.2, 0.25) is 0 Å². The van der Waals surface area contributed by atoms with E-state index in [1.807, 2.05) is 0 Å². The summed E-state index contributed by atoms with van der Waals surface area (Å²) in [4.78, 5) is 19.2. The van der Waals surface area contributed by atoms with E-state index in [0.717, 1.165) is 6.07 Å². The van der Waals surface area contributed by atoms with Crippen molar-refractivity contribution in [1.29, 1.82) is 0 Å². The summed E-state index contributed by atoms with van der Waals surface area (Å²) in [6.07, 6.45) is 0. The van der Waals surface area contributed by atoms with Gasteiger partial charge in [0.2, 0.25) is 0 Å². The number of nitrogens with zero attached hydrogens (tertiary/aromatic N) is 1. The first-order valence-corrected chi connectivity index (χ1v) is 6.42. The molecule has 8 heteroatoms. The average molecular weight is 261 g/mol. The Bertz CT molecular complexity index is 463. The van der Waals surface area contributed by atoms with Crippen LogP contribution in [0.3, 0.4) is 0 Å². The van der Waals surface area contributed by atoms with Crippen LogP contribution in [0.1, 0.15) is 18.3 Å². The molecule has 0 saturated heterocycles. The number of aliphatic hydroxyl groups is 1. The molecule has 2 atom stereocenters. The summed E-state index contributed by atoms with van der Waals surface area (Å²) in [6, 6.07) is 4.90. The predicted molar refractivity (Wildman–Crippen MR) is 59.5 cm³/mol. The van der Waals surface area contributed by atoms with Gasteiger partial charge in [-0.25, -0.2) is 0 Å². The van der Waals surface area contributed by atoms with Crippen molar-refractivity contribution in [2.45, 2.75) is 12.8 Å². The third-order valence-corrected chi connectivity index (χ3v) is 3.55. The smallest absolute Gasteiger partial charge is 0.360 e. The minimum absolute atomic E-state index is 0.0292. The number of hydrogen-bond acceptors (Lipinski definition) is 5. The summed E-state index contributed by atoms with van der Waals surface area (Å²) in [7, 11) is -4.22. The summed E-state index contributed by atoms with van der Waals surface area (Å²) in [5.41, 5.74) is -0.295. The van der Waals surface area contributed by atoms with E-state index in [4.69, 9.17) is 0 Å². The molecule has 0 spiro atoms. The predicted octanol–water partition coefficient (Wildman–Crippen LogP) is 1.81. The van der Waals surface area contributed by atoms with Crippen LogP contribution in [0.15, 0.2) is 24.3 Å². The quantitative estimate of drug-likeness (QED) is 0.475. The van der Waals surface area contributed by atoms with Gasteiger partial charge in [-0.05, 0) is 12.5 Å². The highest BCUT2D eigenvalue weighted by Crippen LogP contribution is 2.54. The topological polar surface area (TPSA) is 110 Å². The van der Waals surface area contributed by atoms with Crippen LogP contribution < -0.4 is 0 Å². The SMILES string of the molecule is CCOP(=O)(O)C(O)c1cccc([N+](=O)[O-])c1. The van der Waals surface area contributed by atoms with E-state index in [1.165, 1.54) is 25.1 Å². The van der Waals surface area contributed by atoms with Crippen LogP contribution in [0.25, 0.3) is 0 Å². The zero-order valence-corrected chi connectivity index (χ0v) is 9.91. The fourth-order valence-corrected chi connectivity index (χ4v) is 2.29. The molecule has 0 aliphatic carbocycles. The third-order valence-electron chi connectivity index (χ3n) is 2.00. The normalized spacial score (nSPS) is 16.2. The first kappa shape index (κ1) is 13.8. The fraction of sp³-hybridized carbons (Fsp3) is 0.333. The number of rotatable bonds is 5. The number of nitro benzene ring substituents is 1. The highest BCUT2D eigenvalue weighted by atomic mass is 31.2. The van der Waals surface area contributed by atoms with Crippen molar-refractivity contribution in [1.82, 2.24) is 0 Å². The van der Waals surface area contributed by atoms with Gasteiger partial charge in [-0.15, -0.1) is 0 Å². The van der Waals surface area contributed by atoms with Crippen molar-refractivity contribution in [3.05, 3.63) is 39.9 Å². The Labute approximate surface area is 97.3 Å². The summed E-state index contributed by atoms with van der Waals surface area (Å²) >= 11 is 0. The molecular weight excluding hydrogens is 249 g/mol. The highest BCUT2D eigenvalue weighted by Gasteiger charge is 2.32. The standard InChI is InChI=1S/C9H12NO6P/c1-2-16-17(14,15)9(11)7-4-3-5-8(6-7)10(12)13/h3-6,9,11H,2H2,1H3,(H,14,15). The maximum absolute atomic E-state index is 11.5. The van der Waals surface area contributed by atoms with E-state index in [9.17, 15) is 24.7 Å². The Balaban J connectivity index is 3.04. The first-order valence-electron chi connectivity index (χ1n) is 4.78. The van der Waals surface area contributed by atoms with Crippen molar-refractivity contribution in [3.8, 4) is 0 Å². The number of benzene rings is 1. The average Bonchev–Trinajstić information content (AvgIpc) is 2.28. The van der Waals surface area contributed by atoms with Gasteiger partial charge in [0.1, 0.15) is 0 Å². The van der Waals surface area contributed by atoms with Gasteiger partial charge in [0, 0.05) is 12.1 Å². The van der Waals surface area contributed by atoms with Gasteiger partial charge in [-0.1, -0.05) is 12.1 Å². The van der Waals surface area contributed by atoms with E-state index < -0.39 is 18.4 Å². The van der Waals surface area contributed by atoms with Crippen molar-refractivity contribution in [2.24, 2.45) is 0 Å². The largest absolute Gasteiger partial charge is 0.376 e. The van der Waals surface area contributed by atoms with Crippen LogP contribution >= 0.6 is 7.60 Å². The molecule has 0 bridgehead atoms. The molecule has 2 N–H and O–H groups in total. The fourth-order valence-electron chi connectivity index (χ4n) is 1.24. The Morgan fingerprint density at radius 3 is 2.76 bits per heavy atom. The molecule has 0 fully saturated rings. The lowest BCUT2D eigenvalue weighted by atomic mass is 10.2. The second-order valence-corrected chi connectivity index (χ2v) is 5.08. The molecule has 0 aliphatic heterocycles. The number of hydrogen-bond donors (Lipinski definition) is 2. The third kappa shape index (κ3) is 3.34. The van der Waals surface area contributed by atoms with E-state index in [1.54, 1.807) is 0 Å². The molecular formula is C9H12NO6P. The number of nitro groups is 1. The maximum Gasteiger partial charge on any atom is 0.360 e. The van der Waals surface area contributed by atoms with E-state index >= 15 is 0 Å². The molecule has 0 radical (unpaired) electrons. The molecule has 17 heavy (non-hydrogen) atoms. The molecule has 0 amide bonds. The van der Waals surface area contributed by atoms with Crippen molar-refractivity contribution in [2.75, 3.05) is 6.61 Å². The lowest BCUT2D eigenvalue weighted by Crippen LogP contribution is -2.02. The van der Waals surface area contributed by atoms with Crippen LogP contribution in [0.5, 0.6) is 0 Å². The molecule has 1 aromatic carbocycles.